The van der Waals surface area contributed by atoms with E-state index in [1.54, 1.807) is 23.6 Å². The molecule has 0 aliphatic heterocycles. The standard InChI is InChI=1S/C28H27Cl2FN2O4S/c1-16(27(35)36)11-21-22(29)12-19(13-23(21)30)26(34)33-28-32-24(15-38-28)20-8-4-7-18(25(20)31)14-37-10-9-17-5-2-3-6-17/h4,7-8,11-13,15,17H,2-3,5-6,9-10,14H2,1H3,(H,35,36)(H,32,33,34)/b16-11+. The van der Waals surface area contributed by atoms with Gasteiger partial charge in [-0.1, -0.05) is 61.0 Å². The summed E-state index contributed by atoms with van der Waals surface area (Å²) in [6.45, 7) is 2.23. The lowest BCUT2D eigenvalue weighted by Crippen LogP contribution is -2.12. The number of benzene rings is 2. The van der Waals surface area contributed by atoms with Crippen LogP contribution >= 0.6 is 34.5 Å². The van der Waals surface area contributed by atoms with E-state index in [9.17, 15) is 9.59 Å². The number of anilines is 1. The van der Waals surface area contributed by atoms with Crippen LogP contribution in [0.3, 0.4) is 0 Å². The van der Waals surface area contributed by atoms with E-state index >= 15 is 4.39 Å². The molecule has 200 valence electrons. The molecule has 1 saturated carbocycles. The van der Waals surface area contributed by atoms with Gasteiger partial charge in [-0.25, -0.2) is 14.2 Å². The monoisotopic (exact) mass is 576 g/mol. The molecule has 10 heteroatoms. The first-order valence-corrected chi connectivity index (χ1v) is 13.9. The Morgan fingerprint density at radius 1 is 1.24 bits per heavy atom. The van der Waals surface area contributed by atoms with Gasteiger partial charge in [0, 0.05) is 39.8 Å². The van der Waals surface area contributed by atoms with Crippen molar-refractivity contribution in [1.82, 2.24) is 4.98 Å². The molecule has 0 bridgehead atoms. The number of hydrogen-bond donors (Lipinski definition) is 2. The molecule has 0 unspecified atom stereocenters. The van der Waals surface area contributed by atoms with Crippen LogP contribution in [0.2, 0.25) is 10.0 Å². The number of thiazole rings is 1. The molecule has 4 rings (SSSR count). The Kier molecular flexibility index (Phi) is 9.54. The van der Waals surface area contributed by atoms with Crippen molar-refractivity contribution in [2.45, 2.75) is 45.6 Å². The lowest BCUT2D eigenvalue weighted by atomic mass is 10.1. The van der Waals surface area contributed by atoms with Gasteiger partial charge >= 0.3 is 5.97 Å². The zero-order valence-electron chi connectivity index (χ0n) is 20.7. The molecule has 2 N–H and O–H groups in total. The molecule has 1 amide bonds. The number of carbonyl (C=O) groups excluding carboxylic acids is 1. The van der Waals surface area contributed by atoms with Crippen LogP contribution in [-0.2, 0) is 16.1 Å². The van der Waals surface area contributed by atoms with Gasteiger partial charge in [0.1, 0.15) is 5.82 Å². The molecule has 1 aliphatic rings. The third-order valence-electron chi connectivity index (χ3n) is 6.52. The van der Waals surface area contributed by atoms with Crippen molar-refractivity contribution < 1.29 is 23.8 Å². The zero-order valence-corrected chi connectivity index (χ0v) is 23.1. The second kappa shape index (κ2) is 12.8. The number of nitrogens with zero attached hydrogens (tertiary/aromatic N) is 1. The van der Waals surface area contributed by atoms with E-state index in [0.717, 1.165) is 23.7 Å². The van der Waals surface area contributed by atoms with Crippen LogP contribution in [0.5, 0.6) is 0 Å². The molecular formula is C28H27Cl2FN2O4S. The number of ether oxygens (including phenoxy) is 1. The first-order chi connectivity index (χ1) is 18.2. The van der Waals surface area contributed by atoms with Gasteiger partial charge in [0.05, 0.1) is 22.3 Å². The predicted octanol–water partition coefficient (Wildman–Crippen LogP) is 8.09. The van der Waals surface area contributed by atoms with E-state index in [4.69, 9.17) is 33.0 Å². The van der Waals surface area contributed by atoms with Gasteiger partial charge in [0.15, 0.2) is 5.13 Å². The average molecular weight is 578 g/mol. The van der Waals surface area contributed by atoms with Gasteiger partial charge in [-0.2, -0.15) is 0 Å². The number of hydrogen-bond acceptors (Lipinski definition) is 5. The highest BCUT2D eigenvalue weighted by Crippen LogP contribution is 2.32. The van der Waals surface area contributed by atoms with Crippen LogP contribution in [0.4, 0.5) is 9.52 Å². The van der Waals surface area contributed by atoms with Gasteiger partial charge in [-0.05, 0) is 43.5 Å². The summed E-state index contributed by atoms with van der Waals surface area (Å²) in [5.41, 5.74) is 1.72. The fourth-order valence-corrected chi connectivity index (χ4v) is 5.68. The second-order valence-corrected chi connectivity index (χ2v) is 10.9. The van der Waals surface area contributed by atoms with Gasteiger partial charge < -0.3 is 9.84 Å². The molecule has 0 spiro atoms. The summed E-state index contributed by atoms with van der Waals surface area (Å²) in [6, 6.07) is 7.90. The molecular weight excluding hydrogens is 550 g/mol. The fourth-order valence-electron chi connectivity index (χ4n) is 4.38. The highest BCUT2D eigenvalue weighted by molar-refractivity contribution is 7.14. The topological polar surface area (TPSA) is 88.5 Å². The summed E-state index contributed by atoms with van der Waals surface area (Å²) in [5, 5.41) is 14.0. The quantitative estimate of drug-likeness (QED) is 0.188. The van der Waals surface area contributed by atoms with Gasteiger partial charge in [-0.15, -0.1) is 11.3 Å². The van der Waals surface area contributed by atoms with Crippen molar-refractivity contribution in [3.8, 4) is 11.3 Å². The first-order valence-electron chi connectivity index (χ1n) is 12.3. The highest BCUT2D eigenvalue weighted by atomic mass is 35.5. The van der Waals surface area contributed by atoms with Gasteiger partial charge in [0.2, 0.25) is 0 Å². The van der Waals surface area contributed by atoms with E-state index in [2.05, 4.69) is 10.3 Å². The summed E-state index contributed by atoms with van der Waals surface area (Å²) < 4.78 is 21.0. The Labute approximate surface area is 234 Å². The van der Waals surface area contributed by atoms with E-state index in [0.29, 0.717) is 29.0 Å². The number of carboxylic acid groups (broad SMARTS) is 1. The maximum atomic E-state index is 15.2. The molecule has 1 heterocycles. The van der Waals surface area contributed by atoms with E-state index in [-0.39, 0.29) is 32.9 Å². The number of rotatable bonds is 10. The molecule has 1 aromatic heterocycles. The van der Waals surface area contributed by atoms with Crippen molar-refractivity contribution >= 4 is 57.6 Å². The second-order valence-electron chi connectivity index (χ2n) is 9.25. The Bertz CT molecular complexity index is 1350. The molecule has 1 fully saturated rings. The zero-order chi connectivity index (χ0) is 27.2. The van der Waals surface area contributed by atoms with Crippen molar-refractivity contribution in [2.75, 3.05) is 11.9 Å². The third-order valence-corrected chi connectivity index (χ3v) is 7.90. The van der Waals surface area contributed by atoms with Crippen molar-refractivity contribution in [3.63, 3.8) is 0 Å². The summed E-state index contributed by atoms with van der Waals surface area (Å²) in [4.78, 5) is 28.3. The SMILES string of the molecule is C/C(=C\c1c(Cl)cc(C(=O)Nc2nc(-c3cccc(COCCC4CCCC4)c3F)cs2)cc1Cl)C(=O)O. The lowest BCUT2D eigenvalue weighted by Gasteiger charge is -2.11. The van der Waals surface area contributed by atoms with Crippen LogP contribution < -0.4 is 5.32 Å². The van der Waals surface area contributed by atoms with Gasteiger partial charge in [0.25, 0.3) is 5.91 Å². The maximum Gasteiger partial charge on any atom is 0.331 e. The minimum Gasteiger partial charge on any atom is -0.478 e. The van der Waals surface area contributed by atoms with Crippen LogP contribution in [-0.4, -0.2) is 28.6 Å². The van der Waals surface area contributed by atoms with Crippen LogP contribution in [0, 0.1) is 11.7 Å². The Morgan fingerprint density at radius 3 is 2.63 bits per heavy atom. The molecule has 6 nitrogen and oxygen atoms in total. The van der Waals surface area contributed by atoms with Crippen LogP contribution in [0.1, 0.15) is 60.5 Å². The molecule has 38 heavy (non-hydrogen) atoms. The number of amides is 1. The number of halogens is 3. The first kappa shape index (κ1) is 28.2. The van der Waals surface area contributed by atoms with E-state index in [1.165, 1.54) is 50.8 Å². The van der Waals surface area contributed by atoms with Crippen LogP contribution in [0.15, 0.2) is 41.3 Å². The molecule has 2 aromatic carbocycles. The summed E-state index contributed by atoms with van der Waals surface area (Å²) in [6.07, 6.45) is 7.43. The van der Waals surface area contributed by atoms with E-state index in [1.807, 2.05) is 0 Å². The van der Waals surface area contributed by atoms with Crippen LogP contribution in [0.25, 0.3) is 17.3 Å². The fraction of sp³-hybridized carbons (Fsp3) is 0.321. The molecule has 1 aliphatic carbocycles. The smallest absolute Gasteiger partial charge is 0.331 e. The molecule has 0 saturated heterocycles. The van der Waals surface area contributed by atoms with Gasteiger partial charge in [-0.3, -0.25) is 10.1 Å². The Hall–Kier alpha value is -2.78. The third kappa shape index (κ3) is 6.99. The Balaban J connectivity index is 1.42. The summed E-state index contributed by atoms with van der Waals surface area (Å²) >= 11 is 13.7. The minimum atomic E-state index is -1.10. The normalized spacial score (nSPS) is 14.2. The Morgan fingerprint density at radius 2 is 1.95 bits per heavy atom. The minimum absolute atomic E-state index is 0.0493. The summed E-state index contributed by atoms with van der Waals surface area (Å²) in [7, 11) is 0. The average Bonchev–Trinajstić information content (AvgIpc) is 3.57. The van der Waals surface area contributed by atoms with Crippen molar-refractivity contribution in [1.29, 1.82) is 0 Å². The van der Waals surface area contributed by atoms with Crippen molar-refractivity contribution in [3.05, 3.63) is 73.8 Å². The summed E-state index contributed by atoms with van der Waals surface area (Å²) in [5.74, 6) is -1.29. The predicted molar refractivity (Wildman–Crippen MR) is 149 cm³/mol. The number of aromatic nitrogens is 1. The van der Waals surface area contributed by atoms with Crippen molar-refractivity contribution in [2.24, 2.45) is 5.92 Å². The number of aliphatic carboxylic acids is 1. The molecule has 0 atom stereocenters. The number of nitrogens with one attached hydrogen (secondary N) is 1. The number of carbonyl (C=O) groups is 2. The lowest BCUT2D eigenvalue weighted by molar-refractivity contribution is -0.132. The van der Waals surface area contributed by atoms with E-state index < -0.39 is 17.7 Å². The maximum absolute atomic E-state index is 15.2. The number of carboxylic acids is 1. The highest BCUT2D eigenvalue weighted by Gasteiger charge is 2.18. The molecule has 3 aromatic rings. The molecule has 0 radical (unpaired) electrons. The largest absolute Gasteiger partial charge is 0.478 e.